The van der Waals surface area contributed by atoms with E-state index in [0.29, 0.717) is 24.0 Å². The second kappa shape index (κ2) is 9.05. The minimum absolute atomic E-state index is 0. The summed E-state index contributed by atoms with van der Waals surface area (Å²) < 4.78 is 10.3. The number of ether oxygens (including phenoxy) is 2. The van der Waals surface area contributed by atoms with Gasteiger partial charge in [-0.1, -0.05) is 6.92 Å². The highest BCUT2D eigenvalue weighted by molar-refractivity contribution is 14.0. The molecule has 1 fully saturated rings. The van der Waals surface area contributed by atoms with Gasteiger partial charge in [-0.3, -0.25) is 0 Å². The molecule has 3 N–H and O–H groups in total. The lowest BCUT2D eigenvalue weighted by Gasteiger charge is -2.31. The minimum atomic E-state index is -0.00396. The van der Waals surface area contributed by atoms with Crippen LogP contribution in [0.5, 0.6) is 17.2 Å². The van der Waals surface area contributed by atoms with Crippen LogP contribution in [0.1, 0.15) is 25.3 Å². The average molecular weight is 435 g/mol. The van der Waals surface area contributed by atoms with Crippen molar-refractivity contribution >= 4 is 29.9 Å². The van der Waals surface area contributed by atoms with Crippen LogP contribution in [0.15, 0.2) is 17.1 Å². The second-order valence-corrected chi connectivity index (χ2v) is 5.69. The molecular formula is C16H26IN3O3. The number of hydrogen-bond acceptors (Lipinski definition) is 4. The summed E-state index contributed by atoms with van der Waals surface area (Å²) in [5, 5.41) is 9.90. The van der Waals surface area contributed by atoms with E-state index < -0.39 is 0 Å². The van der Waals surface area contributed by atoms with Crippen LogP contribution in [0.3, 0.4) is 0 Å². The molecule has 0 bridgehead atoms. The third-order valence-corrected chi connectivity index (χ3v) is 4.07. The Morgan fingerprint density at radius 3 is 2.26 bits per heavy atom. The molecule has 130 valence electrons. The van der Waals surface area contributed by atoms with Crippen molar-refractivity contribution in [3.63, 3.8) is 0 Å². The number of phenolic OH excluding ortho intramolecular Hbond substituents is 1. The van der Waals surface area contributed by atoms with E-state index in [2.05, 4.69) is 16.8 Å². The third-order valence-electron chi connectivity index (χ3n) is 4.07. The van der Waals surface area contributed by atoms with Crippen LogP contribution in [-0.2, 0) is 6.54 Å². The molecule has 0 atom stereocenters. The molecule has 23 heavy (non-hydrogen) atoms. The zero-order valence-electron chi connectivity index (χ0n) is 13.9. The highest BCUT2D eigenvalue weighted by Gasteiger charge is 2.17. The van der Waals surface area contributed by atoms with Gasteiger partial charge in [0.1, 0.15) is 0 Å². The first-order valence-electron chi connectivity index (χ1n) is 7.54. The summed E-state index contributed by atoms with van der Waals surface area (Å²) in [6.07, 6.45) is 2.30. The number of methoxy groups -OCH3 is 2. The number of hydrogen-bond donors (Lipinski definition) is 2. The van der Waals surface area contributed by atoms with E-state index in [1.54, 1.807) is 12.1 Å². The lowest BCUT2D eigenvalue weighted by Crippen LogP contribution is -2.42. The zero-order chi connectivity index (χ0) is 16.1. The molecule has 1 aromatic carbocycles. The van der Waals surface area contributed by atoms with Crippen LogP contribution in [-0.4, -0.2) is 43.3 Å². The predicted octanol–water partition coefficient (Wildman–Crippen LogP) is 2.57. The van der Waals surface area contributed by atoms with E-state index in [1.165, 1.54) is 14.2 Å². The summed E-state index contributed by atoms with van der Waals surface area (Å²) in [4.78, 5) is 6.57. The van der Waals surface area contributed by atoms with Crippen LogP contribution in [0, 0.1) is 5.92 Å². The van der Waals surface area contributed by atoms with Crippen molar-refractivity contribution < 1.29 is 14.6 Å². The van der Waals surface area contributed by atoms with Gasteiger partial charge in [0.25, 0.3) is 0 Å². The summed E-state index contributed by atoms with van der Waals surface area (Å²) in [7, 11) is 3.01. The molecule has 2 rings (SSSR count). The highest BCUT2D eigenvalue weighted by atomic mass is 127. The molecule has 1 aliphatic heterocycles. The fourth-order valence-corrected chi connectivity index (χ4v) is 2.55. The number of aromatic hydroxyl groups is 1. The molecule has 1 saturated heterocycles. The van der Waals surface area contributed by atoms with Crippen LogP contribution in [0.25, 0.3) is 0 Å². The fourth-order valence-electron chi connectivity index (χ4n) is 2.55. The van der Waals surface area contributed by atoms with Gasteiger partial charge in [-0.25, -0.2) is 4.99 Å². The maximum atomic E-state index is 9.90. The van der Waals surface area contributed by atoms with Gasteiger partial charge in [-0.2, -0.15) is 0 Å². The number of aliphatic imine (C=N–C) groups is 1. The normalized spacial score (nSPS) is 16.0. The van der Waals surface area contributed by atoms with E-state index in [0.717, 1.165) is 37.4 Å². The Kier molecular flexibility index (Phi) is 7.74. The van der Waals surface area contributed by atoms with E-state index in [4.69, 9.17) is 15.2 Å². The Morgan fingerprint density at radius 1 is 1.26 bits per heavy atom. The maximum absolute atomic E-state index is 9.90. The second-order valence-electron chi connectivity index (χ2n) is 5.69. The quantitative estimate of drug-likeness (QED) is 0.432. The highest BCUT2D eigenvalue weighted by Crippen LogP contribution is 2.37. The van der Waals surface area contributed by atoms with Gasteiger partial charge in [0.15, 0.2) is 17.5 Å². The Bertz CT molecular complexity index is 518. The molecule has 0 radical (unpaired) electrons. The summed E-state index contributed by atoms with van der Waals surface area (Å²) in [6.45, 7) is 4.60. The molecule has 1 heterocycles. The van der Waals surface area contributed by atoms with Crippen LogP contribution < -0.4 is 15.2 Å². The number of phenols is 1. The smallest absolute Gasteiger partial charge is 0.200 e. The topological polar surface area (TPSA) is 80.3 Å². The number of nitrogens with zero attached hydrogens (tertiary/aromatic N) is 2. The van der Waals surface area contributed by atoms with Crippen molar-refractivity contribution in [3.05, 3.63) is 17.7 Å². The lowest BCUT2D eigenvalue weighted by atomic mass is 10.00. The Morgan fingerprint density at radius 2 is 1.78 bits per heavy atom. The van der Waals surface area contributed by atoms with Crippen LogP contribution >= 0.6 is 24.0 Å². The first-order valence-corrected chi connectivity index (χ1v) is 7.54. The van der Waals surface area contributed by atoms with Gasteiger partial charge in [0.05, 0.1) is 20.8 Å². The monoisotopic (exact) mass is 435 g/mol. The molecule has 6 nitrogen and oxygen atoms in total. The third kappa shape index (κ3) is 5.05. The van der Waals surface area contributed by atoms with E-state index in [9.17, 15) is 5.11 Å². The van der Waals surface area contributed by atoms with Gasteiger partial charge in [-0.05, 0) is 36.5 Å². The van der Waals surface area contributed by atoms with Crippen molar-refractivity contribution in [1.82, 2.24) is 4.90 Å². The molecule has 0 aromatic heterocycles. The van der Waals surface area contributed by atoms with Crippen molar-refractivity contribution in [2.75, 3.05) is 27.3 Å². The SMILES string of the molecule is COc1cc(CN=C(N)N2CCC(C)CC2)cc(OC)c1O.I. The Balaban J connectivity index is 0.00000264. The summed E-state index contributed by atoms with van der Waals surface area (Å²) in [6, 6.07) is 3.49. The predicted molar refractivity (Wildman–Crippen MR) is 102 cm³/mol. The van der Waals surface area contributed by atoms with Gasteiger partial charge in [0.2, 0.25) is 5.75 Å². The Hall–Kier alpha value is -1.38. The molecule has 1 aromatic rings. The van der Waals surface area contributed by atoms with Crippen LogP contribution in [0.2, 0.25) is 0 Å². The fraction of sp³-hybridized carbons (Fsp3) is 0.562. The van der Waals surface area contributed by atoms with Gasteiger partial charge in [-0.15, -0.1) is 24.0 Å². The number of benzene rings is 1. The van der Waals surface area contributed by atoms with Crippen molar-refractivity contribution in [2.24, 2.45) is 16.6 Å². The molecule has 0 spiro atoms. The molecular weight excluding hydrogens is 409 g/mol. The number of nitrogens with two attached hydrogens (primary N) is 1. The van der Waals surface area contributed by atoms with Gasteiger partial charge < -0.3 is 25.2 Å². The lowest BCUT2D eigenvalue weighted by molar-refractivity contribution is 0.277. The maximum Gasteiger partial charge on any atom is 0.200 e. The van der Waals surface area contributed by atoms with Gasteiger partial charge in [0, 0.05) is 13.1 Å². The number of likely N-dealkylation sites (tertiary alicyclic amines) is 1. The molecule has 0 unspecified atom stereocenters. The largest absolute Gasteiger partial charge is 0.502 e. The standard InChI is InChI=1S/C16H25N3O3.HI/c1-11-4-6-19(7-5-11)16(17)18-10-12-8-13(21-2)15(20)14(9-12)22-3;/h8-9,11,20H,4-7,10H2,1-3H3,(H2,17,18);1H. The molecule has 0 aliphatic carbocycles. The van der Waals surface area contributed by atoms with E-state index >= 15 is 0 Å². The van der Waals surface area contributed by atoms with Crippen molar-refractivity contribution in [3.8, 4) is 17.2 Å². The Labute approximate surface area is 154 Å². The number of piperidine rings is 1. The van der Waals surface area contributed by atoms with E-state index in [-0.39, 0.29) is 29.7 Å². The zero-order valence-corrected chi connectivity index (χ0v) is 16.2. The number of rotatable bonds is 4. The van der Waals surface area contributed by atoms with Crippen LogP contribution in [0.4, 0.5) is 0 Å². The molecule has 1 aliphatic rings. The summed E-state index contributed by atoms with van der Waals surface area (Å²) in [5.74, 6) is 2.06. The number of halogens is 1. The summed E-state index contributed by atoms with van der Waals surface area (Å²) >= 11 is 0. The van der Waals surface area contributed by atoms with Crippen molar-refractivity contribution in [2.45, 2.75) is 26.3 Å². The molecule has 0 saturated carbocycles. The van der Waals surface area contributed by atoms with Crippen molar-refractivity contribution in [1.29, 1.82) is 0 Å². The average Bonchev–Trinajstić information content (AvgIpc) is 2.54. The van der Waals surface area contributed by atoms with E-state index in [1.807, 2.05) is 0 Å². The first-order chi connectivity index (χ1) is 10.5. The first kappa shape index (κ1) is 19.7. The molecule has 0 amide bonds. The minimum Gasteiger partial charge on any atom is -0.502 e. The van der Waals surface area contributed by atoms with Gasteiger partial charge >= 0.3 is 0 Å². The number of guanidine groups is 1. The molecule has 7 heteroatoms. The summed E-state index contributed by atoms with van der Waals surface area (Å²) in [5.41, 5.74) is 6.95.